The summed E-state index contributed by atoms with van der Waals surface area (Å²) in [4.78, 5) is 25.3. The third-order valence-corrected chi connectivity index (χ3v) is 4.98. The molecule has 1 spiro atoms. The number of imide groups is 1. The van der Waals surface area contributed by atoms with E-state index < -0.39 is 28.1 Å². The zero-order chi connectivity index (χ0) is 12.5. The fourth-order valence-corrected chi connectivity index (χ4v) is 4.22. The number of rotatable bonds is 0. The number of fused-ring (bicyclic) bond motifs is 3. The van der Waals surface area contributed by atoms with Gasteiger partial charge in [-0.15, -0.1) is 0 Å². The summed E-state index contributed by atoms with van der Waals surface area (Å²) in [7, 11) is 1.36. The normalized spacial score (nSPS) is 41.2. The average Bonchev–Trinajstić information content (AvgIpc) is 2.63. The molecular weight excluding hydrogens is 218 g/mol. The van der Waals surface area contributed by atoms with Gasteiger partial charge in [0.2, 0.25) is 0 Å². The molecule has 2 unspecified atom stereocenters. The molecule has 5 heteroatoms. The van der Waals surface area contributed by atoms with Crippen LogP contribution in [0, 0.1) is 38.9 Å². The van der Waals surface area contributed by atoms with Crippen LogP contribution in [0.3, 0.4) is 0 Å². The minimum atomic E-state index is -1.39. The lowest BCUT2D eigenvalue weighted by atomic mass is 9.89. The van der Waals surface area contributed by atoms with E-state index in [-0.39, 0.29) is 0 Å². The highest BCUT2D eigenvalue weighted by Gasteiger charge is 2.99. The summed E-state index contributed by atoms with van der Waals surface area (Å²) in [6.07, 6.45) is 3.05. The van der Waals surface area contributed by atoms with E-state index in [9.17, 15) is 20.1 Å². The van der Waals surface area contributed by atoms with Gasteiger partial charge in [0.1, 0.15) is 0 Å². The van der Waals surface area contributed by atoms with Crippen LogP contribution in [0.2, 0.25) is 0 Å². The van der Waals surface area contributed by atoms with E-state index in [2.05, 4.69) is 0 Å². The van der Waals surface area contributed by atoms with Crippen LogP contribution in [0.1, 0.15) is 25.7 Å². The Morgan fingerprint density at radius 1 is 1.06 bits per heavy atom. The first kappa shape index (κ1) is 10.3. The Hall–Kier alpha value is -1.88. The molecule has 2 saturated carbocycles. The number of carbonyl (C=O) groups excluding carboxylic acids is 2. The van der Waals surface area contributed by atoms with Crippen molar-refractivity contribution >= 4 is 11.8 Å². The van der Waals surface area contributed by atoms with Gasteiger partial charge in [-0.2, -0.15) is 10.5 Å². The van der Waals surface area contributed by atoms with Crippen LogP contribution < -0.4 is 0 Å². The maximum Gasteiger partial charge on any atom is 0.252 e. The third kappa shape index (κ3) is 0.614. The first-order chi connectivity index (χ1) is 8.05. The number of nitriles is 2. The van der Waals surface area contributed by atoms with Gasteiger partial charge >= 0.3 is 0 Å². The molecule has 17 heavy (non-hydrogen) atoms. The van der Waals surface area contributed by atoms with Crippen LogP contribution in [-0.2, 0) is 9.59 Å². The third-order valence-electron chi connectivity index (χ3n) is 4.98. The second-order valence-electron chi connectivity index (χ2n) is 5.18. The molecule has 5 nitrogen and oxygen atoms in total. The van der Waals surface area contributed by atoms with Crippen molar-refractivity contribution < 1.29 is 9.59 Å². The summed E-state index contributed by atoms with van der Waals surface area (Å²) in [5, 5.41) is 18.8. The molecule has 1 aliphatic heterocycles. The minimum Gasteiger partial charge on any atom is -0.283 e. The predicted octanol–water partition coefficient (Wildman–Crippen LogP) is 0.579. The number of carbonyl (C=O) groups is 2. The van der Waals surface area contributed by atoms with Crippen LogP contribution in [0.4, 0.5) is 0 Å². The zero-order valence-corrected chi connectivity index (χ0v) is 9.49. The Balaban J connectivity index is 2.28. The molecule has 0 bridgehead atoms. The van der Waals surface area contributed by atoms with E-state index in [0.29, 0.717) is 12.8 Å². The quantitative estimate of drug-likeness (QED) is 0.568. The van der Waals surface area contributed by atoms with Gasteiger partial charge in [0.25, 0.3) is 11.8 Å². The van der Waals surface area contributed by atoms with Crippen molar-refractivity contribution in [3.8, 4) is 12.1 Å². The molecule has 0 aromatic heterocycles. The molecule has 0 N–H and O–H groups in total. The van der Waals surface area contributed by atoms with Gasteiger partial charge in [-0.25, -0.2) is 0 Å². The fraction of sp³-hybridized carbons (Fsp3) is 0.667. The minimum absolute atomic E-state index is 0.478. The lowest BCUT2D eigenvalue weighted by Crippen LogP contribution is -2.38. The number of hydrogen-bond donors (Lipinski definition) is 0. The summed E-state index contributed by atoms with van der Waals surface area (Å²) in [5.41, 5.74) is -3.47. The molecule has 2 atom stereocenters. The van der Waals surface area contributed by atoms with Gasteiger partial charge in [-0.05, 0) is 12.8 Å². The lowest BCUT2D eigenvalue weighted by Gasteiger charge is -2.21. The zero-order valence-electron chi connectivity index (χ0n) is 9.49. The maximum atomic E-state index is 12.2. The van der Waals surface area contributed by atoms with Crippen molar-refractivity contribution in [2.45, 2.75) is 25.7 Å². The van der Waals surface area contributed by atoms with E-state index >= 15 is 0 Å². The Morgan fingerprint density at radius 2 is 1.47 bits per heavy atom. The predicted molar refractivity (Wildman–Crippen MR) is 54.8 cm³/mol. The number of likely N-dealkylation sites (tertiary alicyclic amines) is 1. The highest BCUT2D eigenvalue weighted by molar-refractivity contribution is 6.19. The van der Waals surface area contributed by atoms with E-state index in [0.717, 1.165) is 17.7 Å². The molecule has 3 rings (SSSR count). The highest BCUT2D eigenvalue weighted by atomic mass is 16.2. The molecular formula is C12H11N3O2. The van der Waals surface area contributed by atoms with Crippen LogP contribution in [0.5, 0.6) is 0 Å². The summed E-state index contributed by atoms with van der Waals surface area (Å²) < 4.78 is 0. The monoisotopic (exact) mass is 229 g/mol. The molecule has 2 amide bonds. The van der Waals surface area contributed by atoms with E-state index in [1.165, 1.54) is 7.05 Å². The van der Waals surface area contributed by atoms with Crippen molar-refractivity contribution in [2.24, 2.45) is 16.2 Å². The number of nitrogens with zero attached hydrogens (tertiary/aromatic N) is 3. The number of amides is 2. The summed E-state index contributed by atoms with van der Waals surface area (Å²) in [5.74, 6) is -0.957. The average molecular weight is 229 g/mol. The van der Waals surface area contributed by atoms with Crippen molar-refractivity contribution in [3.05, 3.63) is 0 Å². The van der Waals surface area contributed by atoms with Crippen LogP contribution in [-0.4, -0.2) is 23.8 Å². The van der Waals surface area contributed by atoms with E-state index in [1.807, 2.05) is 12.1 Å². The smallest absolute Gasteiger partial charge is 0.252 e. The second kappa shape index (κ2) is 2.51. The maximum absolute atomic E-state index is 12.2. The molecule has 3 aliphatic rings. The van der Waals surface area contributed by atoms with Gasteiger partial charge in [-0.1, -0.05) is 12.8 Å². The topological polar surface area (TPSA) is 85.0 Å². The molecule has 2 aliphatic carbocycles. The largest absolute Gasteiger partial charge is 0.283 e. The molecule has 3 fully saturated rings. The van der Waals surface area contributed by atoms with Crippen LogP contribution in [0.25, 0.3) is 0 Å². The number of piperidine rings is 1. The van der Waals surface area contributed by atoms with Crippen LogP contribution >= 0.6 is 0 Å². The molecule has 1 saturated heterocycles. The molecule has 0 radical (unpaired) electrons. The molecule has 86 valence electrons. The standard InChI is InChI=1S/C12H11N3O2/c1-15-8(16)11(6-13)10(4-2-3-5-10)12(11,7-14)9(15)17/h2-5H2,1H3. The lowest BCUT2D eigenvalue weighted by molar-refractivity contribution is -0.143. The van der Waals surface area contributed by atoms with E-state index in [4.69, 9.17) is 0 Å². The molecule has 0 aromatic rings. The summed E-state index contributed by atoms with van der Waals surface area (Å²) in [6, 6.07) is 4.03. The van der Waals surface area contributed by atoms with Gasteiger partial charge in [-0.3, -0.25) is 14.5 Å². The van der Waals surface area contributed by atoms with Gasteiger partial charge < -0.3 is 0 Å². The molecule has 1 heterocycles. The fourth-order valence-electron chi connectivity index (χ4n) is 4.22. The van der Waals surface area contributed by atoms with Crippen LogP contribution in [0.15, 0.2) is 0 Å². The first-order valence-electron chi connectivity index (χ1n) is 5.71. The van der Waals surface area contributed by atoms with Crippen molar-refractivity contribution in [2.75, 3.05) is 7.05 Å². The van der Waals surface area contributed by atoms with E-state index in [1.54, 1.807) is 0 Å². The Morgan fingerprint density at radius 3 is 1.82 bits per heavy atom. The second-order valence-corrected chi connectivity index (χ2v) is 5.18. The van der Waals surface area contributed by atoms with Crippen molar-refractivity contribution in [1.82, 2.24) is 4.90 Å². The SMILES string of the molecule is CN1C(=O)C2(C#N)C3(CCCC3)C2(C#N)C1=O. The van der Waals surface area contributed by atoms with Gasteiger partial charge in [0, 0.05) is 12.5 Å². The molecule has 0 aromatic carbocycles. The Bertz CT molecular complexity index is 493. The highest BCUT2D eigenvalue weighted by Crippen LogP contribution is 2.86. The summed E-state index contributed by atoms with van der Waals surface area (Å²) in [6.45, 7) is 0. The Labute approximate surface area is 98.6 Å². The Kier molecular flexibility index (Phi) is 1.52. The van der Waals surface area contributed by atoms with Crippen molar-refractivity contribution in [3.63, 3.8) is 0 Å². The first-order valence-corrected chi connectivity index (χ1v) is 5.71. The van der Waals surface area contributed by atoms with Gasteiger partial charge in [0.05, 0.1) is 12.1 Å². The van der Waals surface area contributed by atoms with Gasteiger partial charge in [0.15, 0.2) is 10.8 Å². The van der Waals surface area contributed by atoms with Crippen molar-refractivity contribution in [1.29, 1.82) is 10.5 Å². The number of hydrogen-bond acceptors (Lipinski definition) is 4. The summed E-state index contributed by atoms with van der Waals surface area (Å²) >= 11 is 0.